The summed E-state index contributed by atoms with van der Waals surface area (Å²) in [6, 6.07) is 0. The number of anilines is 1. The number of fused-ring (bicyclic) bond motifs is 1. The summed E-state index contributed by atoms with van der Waals surface area (Å²) in [4.78, 5) is 26.3. The molecule has 94 valence electrons. The lowest BCUT2D eigenvalue weighted by atomic mass is 9.94. The second kappa shape index (κ2) is 3.55. The normalized spacial score (nSPS) is 17.9. The van der Waals surface area contributed by atoms with E-state index in [1.807, 2.05) is 4.90 Å². The zero-order chi connectivity index (χ0) is 13.0. The molecular formula is C13H14N2O3. The topological polar surface area (TPSA) is 62.3 Å². The van der Waals surface area contributed by atoms with Crippen molar-refractivity contribution < 1.29 is 14.7 Å². The molecule has 0 aromatic carbocycles. The van der Waals surface area contributed by atoms with Crippen molar-refractivity contribution in [2.45, 2.75) is 13.5 Å². The van der Waals surface area contributed by atoms with Crippen molar-refractivity contribution in [1.82, 2.24) is 4.57 Å². The molecule has 3 rings (SSSR count). The number of ketones is 2. The summed E-state index contributed by atoms with van der Waals surface area (Å²) in [5, 5.41) is 9.48. The van der Waals surface area contributed by atoms with E-state index in [0.717, 1.165) is 18.8 Å². The van der Waals surface area contributed by atoms with Crippen LogP contribution in [0.4, 0.5) is 5.69 Å². The molecule has 0 radical (unpaired) electrons. The highest BCUT2D eigenvalue weighted by atomic mass is 16.3. The molecule has 1 fully saturated rings. The minimum absolute atomic E-state index is 0.109. The Morgan fingerprint density at radius 2 is 2.00 bits per heavy atom. The highest BCUT2D eigenvalue weighted by molar-refractivity contribution is 6.26. The first-order chi connectivity index (χ1) is 8.56. The fraction of sp³-hybridized carbons (Fsp3) is 0.385. The Morgan fingerprint density at radius 1 is 1.33 bits per heavy atom. The molecule has 1 aliphatic heterocycles. The van der Waals surface area contributed by atoms with E-state index in [0.29, 0.717) is 22.5 Å². The van der Waals surface area contributed by atoms with Crippen LogP contribution in [0.25, 0.3) is 0 Å². The summed E-state index contributed by atoms with van der Waals surface area (Å²) >= 11 is 0. The standard InChI is InChI=1S/C13H14N2O3/c1-7-5-9(17)12-10(13(7)18)11(15-3-4-15)8(6-16)14(12)2/h5,16H,3-4,6H2,1-2H3. The van der Waals surface area contributed by atoms with Crippen LogP contribution in [0.1, 0.15) is 33.5 Å². The molecule has 1 aliphatic carbocycles. The lowest BCUT2D eigenvalue weighted by Gasteiger charge is -2.11. The van der Waals surface area contributed by atoms with Gasteiger partial charge in [0.15, 0.2) is 5.78 Å². The van der Waals surface area contributed by atoms with Gasteiger partial charge in [0.1, 0.15) is 5.69 Å². The van der Waals surface area contributed by atoms with E-state index in [-0.39, 0.29) is 18.2 Å². The van der Waals surface area contributed by atoms with Crippen molar-refractivity contribution in [3.8, 4) is 0 Å². The van der Waals surface area contributed by atoms with Crippen molar-refractivity contribution in [2.75, 3.05) is 18.0 Å². The highest BCUT2D eigenvalue weighted by Gasteiger charge is 2.37. The molecule has 0 atom stereocenters. The van der Waals surface area contributed by atoms with E-state index in [2.05, 4.69) is 0 Å². The van der Waals surface area contributed by atoms with Gasteiger partial charge in [0.25, 0.3) is 0 Å². The van der Waals surface area contributed by atoms with E-state index in [9.17, 15) is 14.7 Å². The molecule has 18 heavy (non-hydrogen) atoms. The fourth-order valence-electron chi connectivity index (χ4n) is 2.54. The maximum atomic E-state index is 12.3. The lowest BCUT2D eigenvalue weighted by molar-refractivity contribution is 0.0980. The van der Waals surface area contributed by atoms with Crippen LogP contribution >= 0.6 is 0 Å². The second-order valence-electron chi connectivity index (χ2n) is 4.74. The number of hydrogen-bond donors (Lipinski definition) is 1. The monoisotopic (exact) mass is 246 g/mol. The molecule has 1 N–H and O–H groups in total. The van der Waals surface area contributed by atoms with E-state index in [1.54, 1.807) is 18.5 Å². The van der Waals surface area contributed by atoms with Gasteiger partial charge in [-0.15, -0.1) is 0 Å². The van der Waals surface area contributed by atoms with Gasteiger partial charge in [0, 0.05) is 25.7 Å². The maximum absolute atomic E-state index is 12.3. The minimum atomic E-state index is -0.172. The van der Waals surface area contributed by atoms with Gasteiger partial charge >= 0.3 is 0 Å². The van der Waals surface area contributed by atoms with Crippen molar-refractivity contribution >= 4 is 17.3 Å². The lowest BCUT2D eigenvalue weighted by Crippen LogP contribution is -2.17. The first kappa shape index (κ1) is 11.2. The Kier molecular flexibility index (Phi) is 2.22. The Morgan fingerprint density at radius 3 is 2.56 bits per heavy atom. The third kappa shape index (κ3) is 1.31. The summed E-state index contributed by atoms with van der Waals surface area (Å²) in [6.07, 6.45) is 1.37. The van der Waals surface area contributed by atoms with Gasteiger partial charge in [-0.3, -0.25) is 9.59 Å². The maximum Gasteiger partial charge on any atom is 0.203 e. The minimum Gasteiger partial charge on any atom is -0.390 e. The van der Waals surface area contributed by atoms with Gasteiger partial charge in [-0.2, -0.15) is 0 Å². The molecule has 0 amide bonds. The van der Waals surface area contributed by atoms with Crippen molar-refractivity contribution in [3.63, 3.8) is 0 Å². The Balaban J connectivity index is 2.32. The zero-order valence-electron chi connectivity index (χ0n) is 10.4. The van der Waals surface area contributed by atoms with E-state index < -0.39 is 0 Å². The van der Waals surface area contributed by atoms with Gasteiger partial charge in [-0.25, -0.2) is 0 Å². The number of aromatic nitrogens is 1. The van der Waals surface area contributed by atoms with E-state index in [4.69, 9.17) is 0 Å². The van der Waals surface area contributed by atoms with Gasteiger partial charge in [-0.05, 0) is 13.0 Å². The van der Waals surface area contributed by atoms with E-state index >= 15 is 0 Å². The molecule has 0 bridgehead atoms. The molecule has 1 aromatic heterocycles. The molecule has 0 spiro atoms. The third-order valence-electron chi connectivity index (χ3n) is 3.57. The molecule has 5 nitrogen and oxygen atoms in total. The second-order valence-corrected chi connectivity index (χ2v) is 4.74. The van der Waals surface area contributed by atoms with Crippen LogP contribution in [0.2, 0.25) is 0 Å². The molecule has 5 heteroatoms. The fourth-order valence-corrected chi connectivity index (χ4v) is 2.54. The number of Topliss-reactive ketones (excluding diaryl/α,β-unsaturated/α-hetero) is 1. The molecule has 1 saturated heterocycles. The van der Waals surface area contributed by atoms with Crippen LogP contribution in [0.5, 0.6) is 0 Å². The van der Waals surface area contributed by atoms with Gasteiger partial charge in [-0.1, -0.05) is 0 Å². The molecule has 2 aliphatic rings. The van der Waals surface area contributed by atoms with Crippen molar-refractivity contribution in [2.24, 2.45) is 7.05 Å². The first-order valence-corrected chi connectivity index (χ1v) is 5.91. The zero-order valence-corrected chi connectivity index (χ0v) is 10.4. The van der Waals surface area contributed by atoms with Crippen molar-refractivity contribution in [1.29, 1.82) is 0 Å². The predicted molar refractivity (Wildman–Crippen MR) is 66.0 cm³/mol. The third-order valence-corrected chi connectivity index (χ3v) is 3.57. The van der Waals surface area contributed by atoms with Gasteiger partial charge in [0.05, 0.1) is 23.6 Å². The SMILES string of the molecule is CC1=CC(=O)c2c(c(N3CC3)c(CO)n2C)C1=O. The Bertz CT molecular complexity index is 606. The molecule has 0 saturated carbocycles. The van der Waals surface area contributed by atoms with Gasteiger partial charge in [0.2, 0.25) is 5.78 Å². The molecule has 1 aromatic rings. The van der Waals surface area contributed by atoms with Crippen molar-refractivity contribution in [3.05, 3.63) is 28.6 Å². The Labute approximate surface area is 104 Å². The number of allylic oxidation sites excluding steroid dienone is 2. The number of aliphatic hydroxyl groups excluding tert-OH is 1. The molecule has 0 unspecified atom stereocenters. The van der Waals surface area contributed by atoms with E-state index in [1.165, 1.54) is 6.08 Å². The number of hydrogen-bond acceptors (Lipinski definition) is 4. The highest BCUT2D eigenvalue weighted by Crippen LogP contribution is 2.38. The number of carbonyl (C=O) groups is 2. The number of carbonyl (C=O) groups excluding carboxylic acids is 2. The summed E-state index contributed by atoms with van der Waals surface area (Å²) in [7, 11) is 1.72. The summed E-state index contributed by atoms with van der Waals surface area (Å²) in [5.74, 6) is -0.269. The average molecular weight is 246 g/mol. The number of nitrogens with zero attached hydrogens (tertiary/aromatic N) is 2. The van der Waals surface area contributed by atoms with Crippen LogP contribution < -0.4 is 4.90 Å². The summed E-state index contributed by atoms with van der Waals surface area (Å²) in [6.45, 7) is 3.22. The largest absolute Gasteiger partial charge is 0.390 e. The quantitative estimate of drug-likeness (QED) is 0.779. The number of aliphatic hydroxyl groups is 1. The summed E-state index contributed by atoms with van der Waals surface area (Å²) < 4.78 is 1.64. The summed E-state index contributed by atoms with van der Waals surface area (Å²) in [5.41, 5.74) is 2.70. The molecular weight excluding hydrogens is 232 g/mol. The van der Waals surface area contributed by atoms with Crippen LogP contribution in [0.3, 0.4) is 0 Å². The number of rotatable bonds is 2. The van der Waals surface area contributed by atoms with Crippen LogP contribution in [0.15, 0.2) is 11.6 Å². The Hall–Kier alpha value is -1.88. The van der Waals surface area contributed by atoms with Crippen LogP contribution in [0, 0.1) is 0 Å². The predicted octanol–water partition coefficient (Wildman–Crippen LogP) is 0.663. The smallest absolute Gasteiger partial charge is 0.203 e. The average Bonchev–Trinajstić information content (AvgIpc) is 3.10. The van der Waals surface area contributed by atoms with Gasteiger partial charge < -0.3 is 14.6 Å². The first-order valence-electron chi connectivity index (χ1n) is 5.91. The van der Waals surface area contributed by atoms with Crippen LogP contribution in [-0.2, 0) is 13.7 Å². The van der Waals surface area contributed by atoms with Crippen LogP contribution in [-0.4, -0.2) is 34.3 Å². The molecule has 2 heterocycles.